The van der Waals surface area contributed by atoms with Crippen molar-refractivity contribution in [3.8, 4) is 0 Å². The van der Waals surface area contributed by atoms with Crippen LogP contribution in [0.1, 0.15) is 32.6 Å². The second-order valence-corrected chi connectivity index (χ2v) is 8.80. The molecule has 8 heteroatoms. The first-order valence-electron chi connectivity index (χ1n) is 6.39. The van der Waals surface area contributed by atoms with Gasteiger partial charge in [0.25, 0.3) is 9.05 Å². The fourth-order valence-corrected chi connectivity index (χ4v) is 3.95. The molecule has 0 radical (unpaired) electrons. The molecule has 1 aromatic rings. The van der Waals surface area contributed by atoms with Crippen molar-refractivity contribution in [1.82, 2.24) is 0 Å². The van der Waals surface area contributed by atoms with E-state index in [2.05, 4.69) is 5.32 Å². The maximum atomic E-state index is 12.4. The quantitative estimate of drug-likeness (QED) is 0.800. The third kappa shape index (κ3) is 3.65. The van der Waals surface area contributed by atoms with Crippen LogP contribution >= 0.6 is 33.9 Å². The Balaban J connectivity index is 2.31. The largest absolute Gasteiger partial charge is 0.323 e. The van der Waals surface area contributed by atoms with Gasteiger partial charge in [-0.25, -0.2) is 8.42 Å². The van der Waals surface area contributed by atoms with Crippen LogP contribution in [0.15, 0.2) is 17.0 Å². The molecule has 2 rings (SSSR count). The summed E-state index contributed by atoms with van der Waals surface area (Å²) in [6.45, 7) is 1.90. The van der Waals surface area contributed by atoms with E-state index >= 15 is 0 Å². The van der Waals surface area contributed by atoms with E-state index in [0.29, 0.717) is 0 Å². The molecule has 1 aromatic carbocycles. The van der Waals surface area contributed by atoms with Crippen molar-refractivity contribution in [2.24, 2.45) is 5.41 Å². The first-order chi connectivity index (χ1) is 9.63. The van der Waals surface area contributed by atoms with Crippen LogP contribution in [0.25, 0.3) is 0 Å². The molecule has 0 spiro atoms. The first-order valence-corrected chi connectivity index (χ1v) is 9.45. The highest BCUT2D eigenvalue weighted by Gasteiger charge is 2.36. The lowest BCUT2D eigenvalue weighted by Crippen LogP contribution is -2.31. The molecule has 0 heterocycles. The first kappa shape index (κ1) is 16.9. The number of anilines is 1. The zero-order chi connectivity index (χ0) is 15.8. The Morgan fingerprint density at radius 2 is 1.67 bits per heavy atom. The third-order valence-corrected chi connectivity index (χ3v) is 5.72. The Morgan fingerprint density at radius 3 is 2.10 bits per heavy atom. The number of hydrogen-bond acceptors (Lipinski definition) is 3. The summed E-state index contributed by atoms with van der Waals surface area (Å²) in [5, 5.41) is 2.78. The Kier molecular flexibility index (Phi) is 4.78. The molecule has 4 nitrogen and oxygen atoms in total. The summed E-state index contributed by atoms with van der Waals surface area (Å²) in [6, 6.07) is 2.34. The van der Waals surface area contributed by atoms with Gasteiger partial charge in [0.15, 0.2) is 0 Å². The van der Waals surface area contributed by atoms with Crippen LogP contribution in [0.4, 0.5) is 5.69 Å². The summed E-state index contributed by atoms with van der Waals surface area (Å²) in [5.74, 6) is -0.162. The van der Waals surface area contributed by atoms with Crippen molar-refractivity contribution < 1.29 is 13.2 Å². The maximum absolute atomic E-state index is 12.4. The highest BCUT2D eigenvalue weighted by atomic mass is 35.7. The van der Waals surface area contributed by atoms with Crippen molar-refractivity contribution in [3.63, 3.8) is 0 Å². The zero-order valence-corrected chi connectivity index (χ0v) is 14.3. The molecule has 116 valence electrons. The van der Waals surface area contributed by atoms with E-state index in [1.165, 1.54) is 12.1 Å². The lowest BCUT2D eigenvalue weighted by Gasteiger charge is -2.23. The minimum absolute atomic E-state index is 0.0386. The third-order valence-electron chi connectivity index (χ3n) is 3.79. The van der Waals surface area contributed by atoms with Gasteiger partial charge in [-0.15, -0.1) is 0 Å². The van der Waals surface area contributed by atoms with Gasteiger partial charge in [-0.1, -0.05) is 43.0 Å². The molecular weight excluding hydrogens is 357 g/mol. The van der Waals surface area contributed by atoms with E-state index < -0.39 is 14.5 Å². The Labute approximate surface area is 138 Å². The topological polar surface area (TPSA) is 63.2 Å². The summed E-state index contributed by atoms with van der Waals surface area (Å²) in [4.78, 5) is 12.1. The molecule has 1 N–H and O–H groups in total. The number of carbonyl (C=O) groups is 1. The van der Waals surface area contributed by atoms with Crippen LogP contribution < -0.4 is 5.32 Å². The van der Waals surface area contributed by atoms with Crippen molar-refractivity contribution in [3.05, 3.63) is 22.2 Å². The molecule has 1 fully saturated rings. The smallest absolute Gasteiger partial charge is 0.261 e. The predicted molar refractivity (Wildman–Crippen MR) is 84.7 cm³/mol. The maximum Gasteiger partial charge on any atom is 0.261 e. The standard InChI is InChI=1S/C13H14Cl3NO3S/c1-13(4-2-3-5-13)12(18)17-11-9(14)6-8(7-10(11)15)21(16,19)20/h6-7H,2-5H2,1H3,(H,17,18). The molecule has 0 atom stereocenters. The van der Waals surface area contributed by atoms with Crippen molar-refractivity contribution in [1.29, 1.82) is 0 Å². The number of amides is 1. The van der Waals surface area contributed by atoms with E-state index in [1.807, 2.05) is 6.92 Å². The molecule has 21 heavy (non-hydrogen) atoms. The number of hydrogen-bond donors (Lipinski definition) is 1. The number of rotatable bonds is 3. The van der Waals surface area contributed by atoms with Gasteiger partial charge in [0.2, 0.25) is 5.91 Å². The molecule has 0 saturated heterocycles. The summed E-state index contributed by atoms with van der Waals surface area (Å²) in [5.41, 5.74) is -0.232. The molecule has 1 aliphatic carbocycles. The van der Waals surface area contributed by atoms with Crippen molar-refractivity contribution in [2.75, 3.05) is 5.32 Å². The number of halogens is 3. The molecule has 1 aliphatic rings. The van der Waals surface area contributed by atoms with Crippen LogP contribution in [-0.2, 0) is 13.8 Å². The van der Waals surface area contributed by atoms with Gasteiger partial charge in [0.1, 0.15) is 0 Å². The fourth-order valence-electron chi connectivity index (χ4n) is 2.46. The molecule has 0 bridgehead atoms. The second kappa shape index (κ2) is 5.95. The van der Waals surface area contributed by atoms with E-state index in [-0.39, 0.29) is 26.5 Å². The van der Waals surface area contributed by atoms with Gasteiger partial charge in [0.05, 0.1) is 20.6 Å². The Hall–Kier alpha value is -0.490. The Morgan fingerprint density at radius 1 is 1.19 bits per heavy atom. The van der Waals surface area contributed by atoms with Gasteiger partial charge in [-0.05, 0) is 25.0 Å². The van der Waals surface area contributed by atoms with Crippen molar-refractivity contribution >= 4 is 54.5 Å². The minimum atomic E-state index is -3.93. The van der Waals surface area contributed by atoms with Gasteiger partial charge in [-0.3, -0.25) is 4.79 Å². The number of carbonyl (C=O) groups excluding carboxylic acids is 1. The zero-order valence-electron chi connectivity index (χ0n) is 11.3. The molecule has 1 amide bonds. The van der Waals surface area contributed by atoms with Gasteiger partial charge < -0.3 is 5.32 Å². The van der Waals surface area contributed by atoms with Crippen LogP contribution in [0.2, 0.25) is 10.0 Å². The van der Waals surface area contributed by atoms with E-state index in [0.717, 1.165) is 25.7 Å². The molecule has 0 aliphatic heterocycles. The molecule has 0 aromatic heterocycles. The van der Waals surface area contributed by atoms with E-state index in [1.54, 1.807) is 0 Å². The number of benzene rings is 1. The summed E-state index contributed by atoms with van der Waals surface area (Å²) in [6.07, 6.45) is 3.63. The van der Waals surface area contributed by atoms with Crippen LogP contribution in [-0.4, -0.2) is 14.3 Å². The fraction of sp³-hybridized carbons (Fsp3) is 0.462. The minimum Gasteiger partial charge on any atom is -0.323 e. The average molecular weight is 371 g/mol. The van der Waals surface area contributed by atoms with E-state index in [4.69, 9.17) is 33.9 Å². The summed E-state index contributed by atoms with van der Waals surface area (Å²) in [7, 11) is 1.32. The molecular formula is C13H14Cl3NO3S. The monoisotopic (exact) mass is 369 g/mol. The highest BCUT2D eigenvalue weighted by Crippen LogP contribution is 2.40. The highest BCUT2D eigenvalue weighted by molar-refractivity contribution is 8.13. The Bertz CT molecular complexity index is 659. The van der Waals surface area contributed by atoms with Gasteiger partial charge in [0, 0.05) is 16.1 Å². The normalized spacial score (nSPS) is 17.7. The SMILES string of the molecule is CC1(C(=O)Nc2c(Cl)cc(S(=O)(=O)Cl)cc2Cl)CCCC1. The molecule has 0 unspecified atom stereocenters. The lowest BCUT2D eigenvalue weighted by atomic mass is 9.88. The average Bonchev–Trinajstić information content (AvgIpc) is 2.80. The second-order valence-electron chi connectivity index (χ2n) is 5.42. The van der Waals surface area contributed by atoms with Gasteiger partial charge in [-0.2, -0.15) is 0 Å². The van der Waals surface area contributed by atoms with Crippen LogP contribution in [0.3, 0.4) is 0 Å². The predicted octanol–water partition coefficient (Wildman–Crippen LogP) is 4.44. The summed E-state index contributed by atoms with van der Waals surface area (Å²) >= 11 is 12.0. The van der Waals surface area contributed by atoms with Crippen LogP contribution in [0, 0.1) is 5.41 Å². The molecule has 1 saturated carbocycles. The van der Waals surface area contributed by atoms with E-state index in [9.17, 15) is 13.2 Å². The number of nitrogens with one attached hydrogen (secondary N) is 1. The van der Waals surface area contributed by atoms with Crippen LogP contribution in [0.5, 0.6) is 0 Å². The van der Waals surface area contributed by atoms with Gasteiger partial charge >= 0.3 is 0 Å². The lowest BCUT2D eigenvalue weighted by molar-refractivity contribution is -0.124. The van der Waals surface area contributed by atoms with Crippen molar-refractivity contribution in [2.45, 2.75) is 37.5 Å². The summed E-state index contributed by atoms with van der Waals surface area (Å²) < 4.78 is 22.6.